The lowest BCUT2D eigenvalue weighted by molar-refractivity contribution is -0.120. The Kier molecular flexibility index (Phi) is 8.90. The number of amides is 1. The molecule has 2 aromatic carbocycles. The molecule has 0 unspecified atom stereocenters. The van der Waals surface area contributed by atoms with E-state index in [-0.39, 0.29) is 18.9 Å². The quantitative estimate of drug-likeness (QED) is 0.401. The molecule has 1 aromatic heterocycles. The number of rotatable bonds is 11. The summed E-state index contributed by atoms with van der Waals surface area (Å²) in [5.74, 6) is -1.20. The Labute approximate surface area is 199 Å². The van der Waals surface area contributed by atoms with Gasteiger partial charge in [0.05, 0.1) is 24.2 Å². The maximum Gasteiger partial charge on any atom is 0.217 e. The van der Waals surface area contributed by atoms with Gasteiger partial charge in [0.2, 0.25) is 5.91 Å². The van der Waals surface area contributed by atoms with Gasteiger partial charge in [-0.3, -0.25) is 4.79 Å². The molecule has 0 spiro atoms. The zero-order chi connectivity index (χ0) is 24.7. The van der Waals surface area contributed by atoms with Crippen molar-refractivity contribution in [2.75, 3.05) is 6.54 Å². The molecule has 0 radical (unpaired) electrons. The van der Waals surface area contributed by atoms with Crippen LogP contribution in [0.4, 0.5) is 8.78 Å². The maximum absolute atomic E-state index is 13.6. The van der Waals surface area contributed by atoms with Crippen molar-refractivity contribution < 1.29 is 18.7 Å². The van der Waals surface area contributed by atoms with Crippen LogP contribution in [0.15, 0.2) is 55.1 Å². The first-order valence-electron chi connectivity index (χ1n) is 11.4. The number of nitrogens with zero attached hydrogens (tertiary/aromatic N) is 2. The summed E-state index contributed by atoms with van der Waals surface area (Å²) in [5.41, 5.74) is 3.62. The summed E-state index contributed by atoms with van der Waals surface area (Å²) in [7, 11) is 0. The minimum atomic E-state index is -0.967. The first-order valence-corrected chi connectivity index (χ1v) is 11.4. The van der Waals surface area contributed by atoms with Gasteiger partial charge in [-0.15, -0.1) is 0 Å². The van der Waals surface area contributed by atoms with Gasteiger partial charge in [0.1, 0.15) is 11.6 Å². The molecule has 8 heteroatoms. The lowest BCUT2D eigenvalue weighted by Gasteiger charge is -2.24. The van der Waals surface area contributed by atoms with E-state index in [2.05, 4.69) is 47.7 Å². The highest BCUT2D eigenvalue weighted by atomic mass is 19.1. The number of aromatic nitrogens is 2. The number of aliphatic hydroxyl groups is 1. The van der Waals surface area contributed by atoms with E-state index in [1.54, 1.807) is 12.5 Å². The average Bonchev–Trinajstić information content (AvgIpc) is 3.26. The van der Waals surface area contributed by atoms with Crippen molar-refractivity contribution >= 4 is 5.91 Å². The van der Waals surface area contributed by atoms with Gasteiger partial charge in [-0.2, -0.15) is 0 Å². The van der Waals surface area contributed by atoms with E-state index in [4.69, 9.17) is 0 Å². The Morgan fingerprint density at radius 2 is 1.82 bits per heavy atom. The van der Waals surface area contributed by atoms with Crippen molar-refractivity contribution in [3.63, 3.8) is 0 Å². The zero-order valence-corrected chi connectivity index (χ0v) is 19.8. The number of imidazole rings is 1. The highest BCUT2D eigenvalue weighted by Gasteiger charge is 2.21. The molecule has 34 heavy (non-hydrogen) atoms. The third-order valence-corrected chi connectivity index (χ3v) is 5.47. The highest BCUT2D eigenvalue weighted by Crippen LogP contribution is 2.19. The van der Waals surface area contributed by atoms with Crippen LogP contribution >= 0.6 is 0 Å². The Bertz CT molecular complexity index is 1070. The number of carbonyl (C=O) groups excluding carboxylic acids is 1. The van der Waals surface area contributed by atoms with Crippen LogP contribution in [0.5, 0.6) is 0 Å². The minimum Gasteiger partial charge on any atom is -0.390 e. The second kappa shape index (κ2) is 11.9. The molecule has 0 bridgehead atoms. The number of benzene rings is 2. The van der Waals surface area contributed by atoms with Crippen molar-refractivity contribution in [3.8, 4) is 5.69 Å². The maximum atomic E-state index is 13.6. The number of nitrogens with one attached hydrogen (secondary N) is 2. The molecule has 0 saturated carbocycles. The third kappa shape index (κ3) is 7.46. The molecule has 3 N–H and O–H groups in total. The van der Waals surface area contributed by atoms with Crippen LogP contribution < -0.4 is 10.6 Å². The van der Waals surface area contributed by atoms with Crippen molar-refractivity contribution in [1.82, 2.24) is 20.2 Å². The van der Waals surface area contributed by atoms with Crippen LogP contribution in [0.1, 0.15) is 37.5 Å². The molecule has 182 valence electrons. The van der Waals surface area contributed by atoms with Crippen molar-refractivity contribution in [2.24, 2.45) is 5.92 Å². The molecule has 2 atom stereocenters. The number of hydrogen-bond acceptors (Lipinski definition) is 4. The monoisotopic (exact) mass is 470 g/mol. The van der Waals surface area contributed by atoms with Gasteiger partial charge in [-0.25, -0.2) is 13.8 Å². The lowest BCUT2D eigenvalue weighted by atomic mass is 9.99. The Balaban J connectivity index is 1.70. The predicted molar refractivity (Wildman–Crippen MR) is 127 cm³/mol. The van der Waals surface area contributed by atoms with Crippen LogP contribution in [-0.4, -0.2) is 39.3 Å². The van der Waals surface area contributed by atoms with Gasteiger partial charge in [0, 0.05) is 38.5 Å². The topological polar surface area (TPSA) is 79.2 Å². The van der Waals surface area contributed by atoms with Crippen molar-refractivity contribution in [3.05, 3.63) is 83.4 Å². The lowest BCUT2D eigenvalue weighted by Crippen LogP contribution is -2.48. The largest absolute Gasteiger partial charge is 0.390 e. The summed E-state index contributed by atoms with van der Waals surface area (Å²) >= 11 is 0. The van der Waals surface area contributed by atoms with Crippen molar-refractivity contribution in [2.45, 2.75) is 52.3 Å². The van der Waals surface area contributed by atoms with Crippen molar-refractivity contribution in [1.29, 1.82) is 0 Å². The molecule has 3 aromatic rings. The second-order valence-electron chi connectivity index (χ2n) is 9.02. The fraction of sp³-hybridized carbons (Fsp3) is 0.385. The van der Waals surface area contributed by atoms with E-state index in [0.717, 1.165) is 23.7 Å². The summed E-state index contributed by atoms with van der Waals surface area (Å²) in [5, 5.41) is 16.7. The summed E-state index contributed by atoms with van der Waals surface area (Å²) < 4.78 is 29.1. The van der Waals surface area contributed by atoms with Crippen LogP contribution in [0.25, 0.3) is 5.69 Å². The molecule has 3 rings (SSSR count). The Morgan fingerprint density at radius 1 is 1.09 bits per heavy atom. The molecular formula is C26H32F2N4O2. The molecular weight excluding hydrogens is 438 g/mol. The van der Waals surface area contributed by atoms with E-state index in [0.29, 0.717) is 18.0 Å². The molecule has 0 aliphatic heterocycles. The van der Waals surface area contributed by atoms with Gasteiger partial charge in [0.15, 0.2) is 0 Å². The fourth-order valence-corrected chi connectivity index (χ4v) is 4.06. The van der Waals surface area contributed by atoms with Crippen LogP contribution in [0.2, 0.25) is 0 Å². The van der Waals surface area contributed by atoms with Gasteiger partial charge in [0.25, 0.3) is 0 Å². The number of aliphatic hydroxyl groups excluding tert-OH is 1. The predicted octanol–water partition coefficient (Wildman–Crippen LogP) is 3.55. The van der Waals surface area contributed by atoms with E-state index >= 15 is 0 Å². The standard InChI is InChI=1S/C26H32F2N4O2/c1-17(2)8-19-4-5-25(32-7-6-29-16-32)21(9-19)14-30-15-26(34)24(31-18(3)33)12-20-10-22(27)13-23(28)11-20/h4-7,9-11,13,16-17,24,26,30,34H,8,12,14-15H2,1-3H3,(H,31,33)/t24-,26+/m0/s1. The Hall–Kier alpha value is -3.10. The first kappa shape index (κ1) is 25.5. The third-order valence-electron chi connectivity index (χ3n) is 5.47. The van der Waals surface area contributed by atoms with E-state index < -0.39 is 23.8 Å². The van der Waals surface area contributed by atoms with E-state index in [1.165, 1.54) is 24.6 Å². The van der Waals surface area contributed by atoms with E-state index in [9.17, 15) is 18.7 Å². The fourth-order valence-electron chi connectivity index (χ4n) is 4.06. The zero-order valence-electron chi connectivity index (χ0n) is 19.8. The highest BCUT2D eigenvalue weighted by molar-refractivity contribution is 5.73. The smallest absolute Gasteiger partial charge is 0.217 e. The summed E-state index contributed by atoms with van der Waals surface area (Å²) in [6.45, 7) is 6.35. The van der Waals surface area contributed by atoms with Gasteiger partial charge >= 0.3 is 0 Å². The minimum absolute atomic E-state index is 0.0985. The number of hydrogen-bond donors (Lipinski definition) is 3. The molecule has 0 aliphatic rings. The number of carbonyl (C=O) groups is 1. The SMILES string of the molecule is CC(=O)N[C@@H](Cc1cc(F)cc(F)c1)[C@H](O)CNCc1cc(CC(C)C)ccc1-n1ccnc1. The summed E-state index contributed by atoms with van der Waals surface area (Å²) in [6, 6.07) is 8.82. The average molecular weight is 471 g/mol. The van der Waals surface area contributed by atoms with Gasteiger partial charge in [-0.05, 0) is 53.6 Å². The molecule has 1 heterocycles. The second-order valence-corrected chi connectivity index (χ2v) is 9.02. The van der Waals surface area contributed by atoms with Crippen LogP contribution in [0, 0.1) is 17.6 Å². The van der Waals surface area contributed by atoms with Gasteiger partial charge in [-0.1, -0.05) is 26.0 Å². The molecule has 0 aliphatic carbocycles. The molecule has 6 nitrogen and oxygen atoms in total. The Morgan fingerprint density at radius 3 is 2.44 bits per heavy atom. The number of halogens is 2. The summed E-state index contributed by atoms with van der Waals surface area (Å²) in [4.78, 5) is 15.8. The summed E-state index contributed by atoms with van der Waals surface area (Å²) in [6.07, 6.45) is 5.42. The first-order chi connectivity index (χ1) is 16.2. The van der Waals surface area contributed by atoms with Gasteiger partial charge < -0.3 is 20.3 Å². The molecule has 1 amide bonds. The van der Waals surface area contributed by atoms with Crippen LogP contribution in [-0.2, 0) is 24.2 Å². The van der Waals surface area contributed by atoms with E-state index in [1.807, 2.05) is 10.8 Å². The normalized spacial score (nSPS) is 13.1. The molecule has 0 fully saturated rings. The molecule has 0 saturated heterocycles. The van der Waals surface area contributed by atoms with Crippen LogP contribution in [0.3, 0.4) is 0 Å².